The van der Waals surface area contributed by atoms with E-state index in [2.05, 4.69) is 5.32 Å². The van der Waals surface area contributed by atoms with Crippen LogP contribution in [0.25, 0.3) is 0 Å². The van der Waals surface area contributed by atoms with Crippen LogP contribution in [0.5, 0.6) is 0 Å². The molecule has 1 amide bonds. The molecule has 22 heavy (non-hydrogen) atoms. The van der Waals surface area contributed by atoms with E-state index >= 15 is 0 Å². The molecule has 0 saturated carbocycles. The van der Waals surface area contributed by atoms with Gasteiger partial charge in [0.25, 0.3) is 0 Å². The van der Waals surface area contributed by atoms with Crippen LogP contribution >= 0.6 is 24.0 Å². The molecule has 6 nitrogen and oxygen atoms in total. The van der Waals surface area contributed by atoms with Gasteiger partial charge in [0.15, 0.2) is 0 Å². The summed E-state index contributed by atoms with van der Waals surface area (Å²) in [5.74, 6) is -0.220. The Kier molecular flexibility index (Phi) is 8.95. The fourth-order valence-corrected chi connectivity index (χ4v) is 2.75. The van der Waals surface area contributed by atoms with E-state index in [1.807, 2.05) is 6.92 Å². The highest BCUT2D eigenvalue weighted by Crippen LogP contribution is 2.17. The molecular formula is C13H21Cl2N3O3S. The predicted octanol–water partition coefficient (Wildman–Crippen LogP) is 1.09. The minimum atomic E-state index is -3.71. The van der Waals surface area contributed by atoms with Crippen molar-refractivity contribution in [1.29, 1.82) is 0 Å². The molecule has 126 valence electrons. The molecule has 0 aliphatic carbocycles. The number of rotatable bonds is 7. The second kappa shape index (κ2) is 9.32. The van der Waals surface area contributed by atoms with Crippen molar-refractivity contribution in [2.24, 2.45) is 11.7 Å². The number of nitrogens with zero attached hydrogens (tertiary/aromatic N) is 1. The number of carbonyl (C=O) groups excluding carboxylic acids is 1. The number of hydrogen-bond acceptors (Lipinski definition) is 4. The number of nitrogens with one attached hydrogen (secondary N) is 1. The monoisotopic (exact) mass is 369 g/mol. The molecule has 0 heterocycles. The number of benzene rings is 1. The number of likely N-dealkylation sites (N-methyl/N-ethyl adjacent to an activating group) is 1. The molecular weight excluding hydrogens is 349 g/mol. The van der Waals surface area contributed by atoms with Gasteiger partial charge in [0.05, 0.1) is 11.4 Å². The van der Waals surface area contributed by atoms with Crippen LogP contribution in [-0.4, -0.2) is 45.3 Å². The van der Waals surface area contributed by atoms with Crippen LogP contribution in [0.1, 0.15) is 6.92 Å². The van der Waals surface area contributed by atoms with Crippen molar-refractivity contribution in [3.05, 3.63) is 29.3 Å². The lowest BCUT2D eigenvalue weighted by molar-refractivity contribution is -0.121. The SMILES string of the molecule is CC(CN)CNC(=O)CN(C)S(=O)(=O)c1ccc(Cl)cc1.Cl. The third-order valence-corrected chi connectivity index (χ3v) is 5.01. The minimum absolute atomic E-state index is 0. The van der Waals surface area contributed by atoms with E-state index in [1.54, 1.807) is 0 Å². The second-order valence-electron chi connectivity index (χ2n) is 4.86. The van der Waals surface area contributed by atoms with Crippen molar-refractivity contribution in [3.8, 4) is 0 Å². The first kappa shape index (κ1) is 21.1. The summed E-state index contributed by atoms with van der Waals surface area (Å²) in [6.07, 6.45) is 0. The molecule has 0 radical (unpaired) electrons. The van der Waals surface area contributed by atoms with Crippen LogP contribution in [0.3, 0.4) is 0 Å². The molecule has 0 aliphatic heterocycles. The number of nitrogens with two attached hydrogens (primary N) is 1. The van der Waals surface area contributed by atoms with Crippen molar-refractivity contribution in [1.82, 2.24) is 9.62 Å². The maximum atomic E-state index is 12.3. The Labute approximate surface area is 142 Å². The first-order valence-electron chi connectivity index (χ1n) is 6.46. The third-order valence-electron chi connectivity index (χ3n) is 2.94. The largest absolute Gasteiger partial charge is 0.355 e. The van der Waals surface area contributed by atoms with Gasteiger partial charge in [-0.15, -0.1) is 12.4 Å². The summed E-state index contributed by atoms with van der Waals surface area (Å²) in [6, 6.07) is 5.79. The fraction of sp³-hybridized carbons (Fsp3) is 0.462. The van der Waals surface area contributed by atoms with Gasteiger partial charge in [-0.25, -0.2) is 8.42 Å². The summed E-state index contributed by atoms with van der Waals surface area (Å²) in [6.45, 7) is 2.53. The minimum Gasteiger partial charge on any atom is -0.355 e. The Morgan fingerprint density at radius 2 is 1.91 bits per heavy atom. The van der Waals surface area contributed by atoms with Gasteiger partial charge in [0, 0.05) is 18.6 Å². The van der Waals surface area contributed by atoms with Gasteiger partial charge in [-0.1, -0.05) is 18.5 Å². The van der Waals surface area contributed by atoms with E-state index in [4.69, 9.17) is 17.3 Å². The predicted molar refractivity (Wildman–Crippen MR) is 89.7 cm³/mol. The Bertz CT molecular complexity index is 579. The molecule has 1 rings (SSSR count). The summed E-state index contributed by atoms with van der Waals surface area (Å²) in [4.78, 5) is 11.8. The zero-order valence-electron chi connectivity index (χ0n) is 12.5. The zero-order chi connectivity index (χ0) is 16.0. The van der Waals surface area contributed by atoms with Gasteiger partial charge in [0.1, 0.15) is 0 Å². The van der Waals surface area contributed by atoms with Gasteiger partial charge in [-0.2, -0.15) is 4.31 Å². The van der Waals surface area contributed by atoms with E-state index < -0.39 is 10.0 Å². The topological polar surface area (TPSA) is 92.5 Å². The molecule has 0 aromatic heterocycles. The lowest BCUT2D eigenvalue weighted by atomic mass is 10.2. The second-order valence-corrected chi connectivity index (χ2v) is 7.34. The number of amides is 1. The summed E-state index contributed by atoms with van der Waals surface area (Å²) in [5, 5.41) is 3.10. The number of hydrogen-bond donors (Lipinski definition) is 2. The summed E-state index contributed by atoms with van der Waals surface area (Å²) in [5.41, 5.74) is 5.45. The van der Waals surface area contributed by atoms with Crippen LogP contribution in [0.15, 0.2) is 29.2 Å². The highest BCUT2D eigenvalue weighted by atomic mass is 35.5. The molecule has 1 atom stereocenters. The van der Waals surface area contributed by atoms with Gasteiger partial charge in [-0.3, -0.25) is 4.79 Å². The van der Waals surface area contributed by atoms with Crippen molar-refractivity contribution < 1.29 is 13.2 Å². The Morgan fingerprint density at radius 3 is 2.41 bits per heavy atom. The standard InChI is InChI=1S/C13H20ClN3O3S.ClH/c1-10(7-15)8-16-13(18)9-17(2)21(19,20)12-5-3-11(14)4-6-12;/h3-6,10H,7-9,15H2,1-2H3,(H,16,18);1H. The highest BCUT2D eigenvalue weighted by molar-refractivity contribution is 7.89. The van der Waals surface area contributed by atoms with Crippen LogP contribution in [0, 0.1) is 5.92 Å². The summed E-state index contributed by atoms with van der Waals surface area (Å²) >= 11 is 5.73. The van der Waals surface area contributed by atoms with Crippen LogP contribution in [0.4, 0.5) is 0 Å². The third kappa shape index (κ3) is 6.10. The van der Waals surface area contributed by atoms with E-state index in [1.165, 1.54) is 31.3 Å². The Hall–Kier alpha value is -0.860. The van der Waals surface area contributed by atoms with Gasteiger partial charge < -0.3 is 11.1 Å². The van der Waals surface area contributed by atoms with Crippen LogP contribution in [-0.2, 0) is 14.8 Å². The highest BCUT2D eigenvalue weighted by Gasteiger charge is 2.22. The Morgan fingerprint density at radius 1 is 1.36 bits per heavy atom. The van der Waals surface area contributed by atoms with E-state index in [0.717, 1.165) is 4.31 Å². The van der Waals surface area contributed by atoms with Crippen molar-refractivity contribution in [3.63, 3.8) is 0 Å². The molecule has 1 aromatic rings. The van der Waals surface area contributed by atoms with Gasteiger partial charge >= 0.3 is 0 Å². The summed E-state index contributed by atoms with van der Waals surface area (Å²) < 4.78 is 25.5. The molecule has 0 fully saturated rings. The molecule has 0 spiro atoms. The van der Waals surface area contributed by atoms with Crippen molar-refractivity contribution >= 4 is 39.9 Å². The number of halogens is 2. The van der Waals surface area contributed by atoms with Gasteiger partial charge in [0.2, 0.25) is 15.9 Å². The molecule has 3 N–H and O–H groups in total. The molecule has 0 saturated heterocycles. The summed E-state index contributed by atoms with van der Waals surface area (Å²) in [7, 11) is -2.35. The molecule has 1 unspecified atom stereocenters. The van der Waals surface area contributed by atoms with E-state index in [0.29, 0.717) is 18.1 Å². The number of sulfonamides is 1. The smallest absolute Gasteiger partial charge is 0.243 e. The molecule has 9 heteroatoms. The zero-order valence-corrected chi connectivity index (χ0v) is 14.8. The molecule has 1 aromatic carbocycles. The van der Waals surface area contributed by atoms with Crippen molar-refractivity contribution in [2.75, 3.05) is 26.7 Å². The van der Waals surface area contributed by atoms with Crippen molar-refractivity contribution in [2.45, 2.75) is 11.8 Å². The first-order chi connectivity index (χ1) is 9.77. The van der Waals surface area contributed by atoms with Gasteiger partial charge in [-0.05, 0) is 36.7 Å². The van der Waals surface area contributed by atoms with Crippen LogP contribution < -0.4 is 11.1 Å². The fourth-order valence-electron chi connectivity index (χ4n) is 1.50. The lowest BCUT2D eigenvalue weighted by Crippen LogP contribution is -2.40. The normalized spacial score (nSPS) is 12.6. The van der Waals surface area contributed by atoms with E-state index in [9.17, 15) is 13.2 Å². The number of carbonyl (C=O) groups is 1. The average molecular weight is 370 g/mol. The maximum absolute atomic E-state index is 12.3. The Balaban J connectivity index is 0.00000441. The van der Waals surface area contributed by atoms with Crippen LogP contribution in [0.2, 0.25) is 5.02 Å². The molecule has 0 aliphatic rings. The van der Waals surface area contributed by atoms with E-state index in [-0.39, 0.29) is 35.7 Å². The average Bonchev–Trinajstić information content (AvgIpc) is 2.45. The quantitative estimate of drug-likeness (QED) is 0.752. The first-order valence-corrected chi connectivity index (χ1v) is 8.28. The lowest BCUT2D eigenvalue weighted by Gasteiger charge is -2.17. The molecule has 0 bridgehead atoms. The maximum Gasteiger partial charge on any atom is 0.243 e.